The van der Waals surface area contributed by atoms with Gasteiger partial charge in [0.1, 0.15) is 0 Å². The summed E-state index contributed by atoms with van der Waals surface area (Å²) in [5.41, 5.74) is 7.64. The molecule has 2 atom stereocenters. The molecular weight excluding hydrogens is 314 g/mol. The standard InChI is InChI=1S/C20H27N3O2/c21-20(25)17-6-3-11-23(14-17)18-9-7-16(8-10-18)13-22-19(24)12-15-4-1-2-5-15/h1,4,7-10,15,17H,2-3,5-6,11-14H2,(H2,21,25)(H,22,24). The lowest BCUT2D eigenvalue weighted by atomic mass is 9.97. The van der Waals surface area contributed by atoms with Gasteiger partial charge in [0.15, 0.2) is 0 Å². The molecule has 2 aliphatic rings. The van der Waals surface area contributed by atoms with Crippen LogP contribution in [0.5, 0.6) is 0 Å². The molecular formula is C20H27N3O2. The van der Waals surface area contributed by atoms with Gasteiger partial charge < -0.3 is 16.0 Å². The van der Waals surface area contributed by atoms with Gasteiger partial charge in [-0.1, -0.05) is 24.3 Å². The Kier molecular flexibility index (Phi) is 5.74. The molecule has 3 rings (SSSR count). The number of hydrogen-bond acceptors (Lipinski definition) is 3. The number of nitrogens with two attached hydrogens (primary N) is 1. The second-order valence-corrected chi connectivity index (χ2v) is 7.10. The lowest BCUT2D eigenvalue weighted by molar-refractivity contribution is -0.122. The fourth-order valence-electron chi connectivity index (χ4n) is 3.64. The smallest absolute Gasteiger partial charge is 0.222 e. The second-order valence-electron chi connectivity index (χ2n) is 7.10. The number of anilines is 1. The number of primary amides is 1. The van der Waals surface area contributed by atoms with E-state index in [-0.39, 0.29) is 17.7 Å². The van der Waals surface area contributed by atoms with E-state index in [0.717, 1.165) is 43.5 Å². The molecule has 1 aliphatic carbocycles. The number of hydrogen-bond donors (Lipinski definition) is 2. The van der Waals surface area contributed by atoms with E-state index in [9.17, 15) is 9.59 Å². The normalized spacial score (nSPS) is 22.8. The van der Waals surface area contributed by atoms with Gasteiger partial charge in [-0.15, -0.1) is 0 Å². The Morgan fingerprint density at radius 3 is 2.68 bits per heavy atom. The molecule has 1 fully saturated rings. The first-order valence-corrected chi connectivity index (χ1v) is 9.18. The van der Waals surface area contributed by atoms with E-state index in [1.54, 1.807) is 0 Å². The van der Waals surface area contributed by atoms with E-state index in [4.69, 9.17) is 5.73 Å². The summed E-state index contributed by atoms with van der Waals surface area (Å²) in [4.78, 5) is 25.6. The number of rotatable bonds is 6. The molecule has 3 N–H and O–H groups in total. The molecule has 0 bridgehead atoms. The number of allylic oxidation sites excluding steroid dienone is 2. The summed E-state index contributed by atoms with van der Waals surface area (Å²) in [6.07, 6.45) is 8.92. The fraction of sp³-hybridized carbons (Fsp3) is 0.500. The average Bonchev–Trinajstić information content (AvgIpc) is 3.13. The van der Waals surface area contributed by atoms with E-state index in [1.807, 2.05) is 12.1 Å². The molecule has 1 aromatic carbocycles. The van der Waals surface area contributed by atoms with Crippen LogP contribution in [0.3, 0.4) is 0 Å². The average molecular weight is 341 g/mol. The van der Waals surface area contributed by atoms with Crippen LogP contribution in [0, 0.1) is 11.8 Å². The van der Waals surface area contributed by atoms with Crippen molar-refractivity contribution in [2.75, 3.05) is 18.0 Å². The Balaban J connectivity index is 1.49. The predicted octanol–water partition coefficient (Wildman–Crippen LogP) is 2.36. The van der Waals surface area contributed by atoms with Crippen LogP contribution in [0.15, 0.2) is 36.4 Å². The van der Waals surface area contributed by atoms with Gasteiger partial charge in [0.25, 0.3) is 0 Å². The Morgan fingerprint density at radius 2 is 2.00 bits per heavy atom. The van der Waals surface area contributed by atoms with Gasteiger partial charge in [-0.25, -0.2) is 0 Å². The molecule has 25 heavy (non-hydrogen) atoms. The zero-order valence-corrected chi connectivity index (χ0v) is 14.6. The summed E-state index contributed by atoms with van der Waals surface area (Å²) in [7, 11) is 0. The molecule has 1 saturated heterocycles. The van der Waals surface area contributed by atoms with E-state index < -0.39 is 0 Å². The quantitative estimate of drug-likeness (QED) is 0.780. The summed E-state index contributed by atoms with van der Waals surface area (Å²) in [6.45, 7) is 2.20. The monoisotopic (exact) mass is 341 g/mol. The molecule has 5 nitrogen and oxygen atoms in total. The van der Waals surface area contributed by atoms with Crippen LogP contribution in [-0.2, 0) is 16.1 Å². The highest BCUT2D eigenvalue weighted by atomic mass is 16.2. The van der Waals surface area contributed by atoms with Gasteiger partial charge in [-0.3, -0.25) is 9.59 Å². The number of piperidine rings is 1. The van der Waals surface area contributed by atoms with E-state index in [1.165, 1.54) is 0 Å². The van der Waals surface area contributed by atoms with Gasteiger partial charge in [0.2, 0.25) is 11.8 Å². The molecule has 134 valence electrons. The Hall–Kier alpha value is -2.30. The van der Waals surface area contributed by atoms with Crippen LogP contribution in [0.25, 0.3) is 0 Å². The second kappa shape index (κ2) is 8.19. The molecule has 2 amide bonds. The largest absolute Gasteiger partial charge is 0.371 e. The molecule has 0 aromatic heterocycles. The minimum absolute atomic E-state index is 0.0580. The van der Waals surface area contributed by atoms with Crippen molar-refractivity contribution in [3.05, 3.63) is 42.0 Å². The molecule has 1 heterocycles. The highest BCUT2D eigenvalue weighted by Crippen LogP contribution is 2.23. The first kappa shape index (κ1) is 17.5. The molecule has 5 heteroatoms. The molecule has 0 saturated carbocycles. The van der Waals surface area contributed by atoms with Crippen LogP contribution >= 0.6 is 0 Å². The molecule has 0 spiro atoms. The Labute approximate surface area is 149 Å². The van der Waals surface area contributed by atoms with Crippen molar-refractivity contribution in [2.24, 2.45) is 17.6 Å². The third-order valence-corrected chi connectivity index (χ3v) is 5.17. The van der Waals surface area contributed by atoms with Crippen molar-refractivity contribution >= 4 is 17.5 Å². The fourth-order valence-corrected chi connectivity index (χ4v) is 3.64. The lowest BCUT2D eigenvalue weighted by Crippen LogP contribution is -2.41. The maximum absolute atomic E-state index is 12.0. The maximum atomic E-state index is 12.0. The number of nitrogens with zero attached hydrogens (tertiary/aromatic N) is 1. The van der Waals surface area contributed by atoms with Gasteiger partial charge >= 0.3 is 0 Å². The van der Waals surface area contributed by atoms with Crippen molar-refractivity contribution in [3.8, 4) is 0 Å². The van der Waals surface area contributed by atoms with Crippen molar-refractivity contribution in [1.29, 1.82) is 0 Å². The maximum Gasteiger partial charge on any atom is 0.222 e. The van der Waals surface area contributed by atoms with E-state index >= 15 is 0 Å². The van der Waals surface area contributed by atoms with Crippen molar-refractivity contribution in [3.63, 3.8) is 0 Å². The number of amides is 2. The number of carbonyl (C=O) groups is 2. The molecule has 0 radical (unpaired) electrons. The number of carbonyl (C=O) groups excluding carboxylic acids is 2. The van der Waals surface area contributed by atoms with Gasteiger partial charge in [-0.2, -0.15) is 0 Å². The van der Waals surface area contributed by atoms with Crippen molar-refractivity contribution in [2.45, 2.75) is 38.6 Å². The third kappa shape index (κ3) is 4.84. The summed E-state index contributed by atoms with van der Waals surface area (Å²) in [5, 5.41) is 3.00. The van der Waals surface area contributed by atoms with E-state index in [0.29, 0.717) is 25.4 Å². The minimum atomic E-state index is -0.207. The molecule has 1 aromatic rings. The van der Waals surface area contributed by atoms with Crippen LogP contribution in [-0.4, -0.2) is 24.9 Å². The summed E-state index contributed by atoms with van der Waals surface area (Å²) < 4.78 is 0. The summed E-state index contributed by atoms with van der Waals surface area (Å²) >= 11 is 0. The lowest BCUT2D eigenvalue weighted by Gasteiger charge is -2.33. The van der Waals surface area contributed by atoms with Crippen LogP contribution in [0.4, 0.5) is 5.69 Å². The van der Waals surface area contributed by atoms with Gasteiger partial charge in [0, 0.05) is 31.7 Å². The van der Waals surface area contributed by atoms with E-state index in [2.05, 4.69) is 34.5 Å². The predicted molar refractivity (Wildman–Crippen MR) is 98.9 cm³/mol. The van der Waals surface area contributed by atoms with Gasteiger partial charge in [-0.05, 0) is 49.3 Å². The Bertz CT molecular complexity index is 639. The van der Waals surface area contributed by atoms with Crippen LogP contribution in [0.1, 0.15) is 37.7 Å². The topological polar surface area (TPSA) is 75.4 Å². The summed E-state index contributed by atoms with van der Waals surface area (Å²) in [5.74, 6) is 0.249. The van der Waals surface area contributed by atoms with Crippen LogP contribution < -0.4 is 16.0 Å². The number of nitrogens with one attached hydrogen (secondary N) is 1. The first-order chi connectivity index (χ1) is 12.1. The zero-order chi connectivity index (χ0) is 17.6. The Morgan fingerprint density at radius 1 is 1.20 bits per heavy atom. The van der Waals surface area contributed by atoms with Gasteiger partial charge in [0.05, 0.1) is 5.92 Å². The summed E-state index contributed by atoms with van der Waals surface area (Å²) in [6, 6.07) is 8.20. The highest BCUT2D eigenvalue weighted by molar-refractivity contribution is 5.77. The number of benzene rings is 1. The van der Waals surface area contributed by atoms with Crippen LogP contribution in [0.2, 0.25) is 0 Å². The molecule has 1 aliphatic heterocycles. The molecule has 2 unspecified atom stereocenters. The van der Waals surface area contributed by atoms with Crippen molar-refractivity contribution in [1.82, 2.24) is 5.32 Å². The SMILES string of the molecule is NC(=O)C1CCCN(c2ccc(CNC(=O)CC3C=CCC3)cc2)C1. The van der Waals surface area contributed by atoms with Crippen molar-refractivity contribution < 1.29 is 9.59 Å². The third-order valence-electron chi connectivity index (χ3n) is 5.17. The zero-order valence-electron chi connectivity index (χ0n) is 14.6. The first-order valence-electron chi connectivity index (χ1n) is 9.18. The minimum Gasteiger partial charge on any atom is -0.371 e. The highest BCUT2D eigenvalue weighted by Gasteiger charge is 2.24.